The molecule has 1 aliphatic rings. The van der Waals surface area contributed by atoms with E-state index in [9.17, 15) is 0 Å². The molecule has 0 saturated carbocycles. The molecule has 0 spiro atoms. The van der Waals surface area contributed by atoms with Crippen LogP contribution < -0.4 is 5.32 Å². The summed E-state index contributed by atoms with van der Waals surface area (Å²) in [6.07, 6.45) is 0.864. The Hall–Kier alpha value is -0.900. The minimum Gasteiger partial charge on any atom is -0.396 e. The van der Waals surface area contributed by atoms with Gasteiger partial charge in [-0.3, -0.25) is 4.90 Å². The summed E-state index contributed by atoms with van der Waals surface area (Å²) in [6.45, 7) is 4.40. The quantitative estimate of drug-likeness (QED) is 0.795. The van der Waals surface area contributed by atoms with Crippen molar-refractivity contribution in [2.45, 2.75) is 12.5 Å². The first-order chi connectivity index (χ1) is 7.92. The lowest BCUT2D eigenvalue weighted by Gasteiger charge is -2.36. The van der Waals surface area contributed by atoms with E-state index < -0.39 is 0 Å². The monoisotopic (exact) mass is 220 g/mol. The summed E-state index contributed by atoms with van der Waals surface area (Å²) in [4.78, 5) is 2.46. The van der Waals surface area contributed by atoms with E-state index in [1.54, 1.807) is 0 Å². The minimum absolute atomic E-state index is 0.283. The highest BCUT2D eigenvalue weighted by molar-refractivity contribution is 5.20. The highest BCUT2D eigenvalue weighted by Crippen LogP contribution is 2.21. The van der Waals surface area contributed by atoms with Crippen molar-refractivity contribution in [1.82, 2.24) is 10.2 Å². The summed E-state index contributed by atoms with van der Waals surface area (Å²) in [5.41, 5.74) is 1.37. The molecule has 1 atom stereocenters. The molecule has 1 aromatic rings. The fourth-order valence-electron chi connectivity index (χ4n) is 2.29. The fourth-order valence-corrected chi connectivity index (χ4v) is 2.29. The number of aliphatic hydroxyl groups excluding tert-OH is 1. The zero-order valence-corrected chi connectivity index (χ0v) is 9.60. The molecular formula is C13H20N2O. The van der Waals surface area contributed by atoms with Crippen molar-refractivity contribution in [1.29, 1.82) is 0 Å². The number of piperazine rings is 1. The molecule has 0 bridgehead atoms. The molecule has 0 aromatic heterocycles. The molecule has 1 unspecified atom stereocenters. The zero-order chi connectivity index (χ0) is 11.2. The van der Waals surface area contributed by atoms with E-state index >= 15 is 0 Å². The van der Waals surface area contributed by atoms with Gasteiger partial charge < -0.3 is 10.4 Å². The van der Waals surface area contributed by atoms with Crippen molar-refractivity contribution in [3.05, 3.63) is 35.9 Å². The average molecular weight is 220 g/mol. The Morgan fingerprint density at radius 3 is 2.88 bits per heavy atom. The van der Waals surface area contributed by atoms with Gasteiger partial charge in [0.1, 0.15) is 0 Å². The van der Waals surface area contributed by atoms with Gasteiger partial charge in [-0.25, -0.2) is 0 Å². The van der Waals surface area contributed by atoms with Gasteiger partial charge in [-0.05, 0) is 12.0 Å². The number of benzene rings is 1. The molecule has 16 heavy (non-hydrogen) atoms. The van der Waals surface area contributed by atoms with Gasteiger partial charge in [0, 0.05) is 38.8 Å². The molecule has 2 N–H and O–H groups in total. The molecular weight excluding hydrogens is 200 g/mol. The Kier molecular flexibility index (Phi) is 4.34. The number of nitrogens with zero attached hydrogens (tertiary/aromatic N) is 1. The second kappa shape index (κ2) is 5.99. The molecule has 1 saturated heterocycles. The molecule has 2 rings (SSSR count). The SMILES string of the molecule is OCCCN1CCNCC1c1ccccc1. The van der Waals surface area contributed by atoms with Crippen molar-refractivity contribution in [3.8, 4) is 0 Å². The maximum Gasteiger partial charge on any atom is 0.0473 e. The number of rotatable bonds is 4. The van der Waals surface area contributed by atoms with Gasteiger partial charge in [0.2, 0.25) is 0 Å². The number of nitrogens with one attached hydrogen (secondary N) is 1. The van der Waals surface area contributed by atoms with Crippen LogP contribution in [0.15, 0.2) is 30.3 Å². The summed E-state index contributed by atoms with van der Waals surface area (Å²) in [7, 11) is 0. The lowest BCUT2D eigenvalue weighted by Crippen LogP contribution is -2.46. The molecule has 0 aliphatic carbocycles. The van der Waals surface area contributed by atoms with E-state index in [0.717, 1.165) is 32.6 Å². The second-order valence-corrected chi connectivity index (χ2v) is 4.24. The van der Waals surface area contributed by atoms with Crippen LogP contribution in [-0.2, 0) is 0 Å². The predicted octanol–water partition coefficient (Wildman–Crippen LogP) is 1.02. The van der Waals surface area contributed by atoms with Gasteiger partial charge in [0.05, 0.1) is 0 Å². The zero-order valence-electron chi connectivity index (χ0n) is 9.60. The Morgan fingerprint density at radius 1 is 1.31 bits per heavy atom. The van der Waals surface area contributed by atoms with E-state index in [2.05, 4.69) is 40.5 Å². The van der Waals surface area contributed by atoms with Gasteiger partial charge in [-0.2, -0.15) is 0 Å². The van der Waals surface area contributed by atoms with Crippen molar-refractivity contribution in [2.24, 2.45) is 0 Å². The van der Waals surface area contributed by atoms with E-state index in [1.165, 1.54) is 5.56 Å². The number of hydrogen-bond donors (Lipinski definition) is 2. The van der Waals surface area contributed by atoms with Crippen LogP contribution in [0.3, 0.4) is 0 Å². The van der Waals surface area contributed by atoms with Crippen molar-refractivity contribution in [2.75, 3.05) is 32.8 Å². The lowest BCUT2D eigenvalue weighted by atomic mass is 10.0. The maximum atomic E-state index is 8.91. The average Bonchev–Trinajstić information content (AvgIpc) is 2.38. The van der Waals surface area contributed by atoms with Crippen LogP contribution in [0.2, 0.25) is 0 Å². The standard InChI is InChI=1S/C13H20N2O/c16-10-4-8-15-9-7-14-11-13(15)12-5-2-1-3-6-12/h1-3,5-6,13-14,16H,4,7-11H2. The van der Waals surface area contributed by atoms with E-state index in [1.807, 2.05) is 0 Å². The van der Waals surface area contributed by atoms with Crippen LogP contribution in [0.5, 0.6) is 0 Å². The number of aliphatic hydroxyl groups is 1. The van der Waals surface area contributed by atoms with Crippen molar-refractivity contribution >= 4 is 0 Å². The van der Waals surface area contributed by atoms with Crippen LogP contribution in [0, 0.1) is 0 Å². The van der Waals surface area contributed by atoms with Gasteiger partial charge >= 0.3 is 0 Å². The molecule has 1 aliphatic heterocycles. The lowest BCUT2D eigenvalue weighted by molar-refractivity contribution is 0.146. The summed E-state index contributed by atoms with van der Waals surface area (Å²) in [5, 5.41) is 12.3. The van der Waals surface area contributed by atoms with E-state index in [4.69, 9.17) is 5.11 Å². The number of hydrogen-bond acceptors (Lipinski definition) is 3. The van der Waals surface area contributed by atoms with Crippen LogP contribution in [0.1, 0.15) is 18.0 Å². The Morgan fingerprint density at radius 2 is 2.12 bits per heavy atom. The normalized spacial score (nSPS) is 22.2. The van der Waals surface area contributed by atoms with Crippen LogP contribution in [0.25, 0.3) is 0 Å². The van der Waals surface area contributed by atoms with Crippen LogP contribution >= 0.6 is 0 Å². The van der Waals surface area contributed by atoms with E-state index in [-0.39, 0.29) is 6.61 Å². The van der Waals surface area contributed by atoms with Crippen LogP contribution in [-0.4, -0.2) is 42.8 Å². The highest BCUT2D eigenvalue weighted by atomic mass is 16.3. The molecule has 1 fully saturated rings. The third-order valence-electron chi connectivity index (χ3n) is 3.14. The molecule has 88 valence electrons. The first kappa shape index (κ1) is 11.6. The minimum atomic E-state index is 0.283. The molecule has 1 heterocycles. The highest BCUT2D eigenvalue weighted by Gasteiger charge is 2.22. The molecule has 3 nitrogen and oxygen atoms in total. The topological polar surface area (TPSA) is 35.5 Å². The first-order valence-corrected chi connectivity index (χ1v) is 6.02. The molecule has 0 amide bonds. The smallest absolute Gasteiger partial charge is 0.0473 e. The Labute approximate surface area is 97.1 Å². The third kappa shape index (κ3) is 2.82. The second-order valence-electron chi connectivity index (χ2n) is 4.24. The van der Waals surface area contributed by atoms with Crippen LogP contribution in [0.4, 0.5) is 0 Å². The van der Waals surface area contributed by atoms with Gasteiger partial charge in [0.15, 0.2) is 0 Å². The maximum absolute atomic E-state index is 8.91. The predicted molar refractivity (Wildman–Crippen MR) is 65.3 cm³/mol. The first-order valence-electron chi connectivity index (χ1n) is 6.02. The largest absolute Gasteiger partial charge is 0.396 e. The molecule has 1 aromatic carbocycles. The van der Waals surface area contributed by atoms with Crippen molar-refractivity contribution in [3.63, 3.8) is 0 Å². The Balaban J connectivity index is 2.04. The van der Waals surface area contributed by atoms with Gasteiger partial charge in [0.25, 0.3) is 0 Å². The fraction of sp³-hybridized carbons (Fsp3) is 0.538. The summed E-state index contributed by atoms with van der Waals surface area (Å²) >= 11 is 0. The summed E-state index contributed by atoms with van der Waals surface area (Å²) in [5.74, 6) is 0. The Bertz CT molecular complexity index is 302. The summed E-state index contributed by atoms with van der Waals surface area (Å²) in [6, 6.07) is 11.1. The van der Waals surface area contributed by atoms with E-state index in [0.29, 0.717) is 6.04 Å². The van der Waals surface area contributed by atoms with Gasteiger partial charge in [-0.1, -0.05) is 30.3 Å². The summed E-state index contributed by atoms with van der Waals surface area (Å²) < 4.78 is 0. The molecule has 3 heteroatoms. The van der Waals surface area contributed by atoms with Crippen molar-refractivity contribution < 1.29 is 5.11 Å². The molecule has 0 radical (unpaired) electrons. The van der Waals surface area contributed by atoms with Gasteiger partial charge in [-0.15, -0.1) is 0 Å². The third-order valence-corrected chi connectivity index (χ3v) is 3.14.